The van der Waals surface area contributed by atoms with E-state index < -0.39 is 0 Å². The van der Waals surface area contributed by atoms with Crippen LogP contribution in [0.2, 0.25) is 0 Å². The van der Waals surface area contributed by atoms with E-state index in [1.54, 1.807) is 0 Å². The molecular weight excluding hydrogens is 300 g/mol. The normalized spacial score (nSPS) is 10.3. The molecule has 24 heavy (non-hydrogen) atoms. The van der Waals surface area contributed by atoms with Crippen LogP contribution in [0, 0.1) is 13.8 Å². The van der Waals surface area contributed by atoms with Gasteiger partial charge in [0.25, 0.3) is 0 Å². The summed E-state index contributed by atoms with van der Waals surface area (Å²) in [5.74, 6) is -0.374. The molecule has 126 valence electrons. The van der Waals surface area contributed by atoms with E-state index in [0.29, 0.717) is 0 Å². The van der Waals surface area contributed by atoms with Gasteiger partial charge in [0.15, 0.2) is 0 Å². The predicted molar refractivity (Wildman–Crippen MR) is 97.1 cm³/mol. The summed E-state index contributed by atoms with van der Waals surface area (Å²) in [6.07, 6.45) is 1.12. The number of rotatable bonds is 6. The number of aryl methyl sites for hydroxylation is 3. The first-order valence-corrected chi connectivity index (χ1v) is 8.20. The molecular formula is C20H24N2O2. The number of anilines is 1. The molecule has 0 fully saturated rings. The summed E-state index contributed by atoms with van der Waals surface area (Å²) in [5.41, 5.74) is 5.19. The molecule has 2 N–H and O–H groups in total. The first-order chi connectivity index (χ1) is 11.5. The fourth-order valence-corrected chi connectivity index (χ4v) is 2.49. The van der Waals surface area contributed by atoms with Crippen molar-refractivity contribution in [2.45, 2.75) is 33.6 Å². The van der Waals surface area contributed by atoms with Gasteiger partial charge in [-0.1, -0.05) is 43.3 Å². The highest BCUT2D eigenvalue weighted by Gasteiger charge is 2.09. The smallest absolute Gasteiger partial charge is 0.243 e. The van der Waals surface area contributed by atoms with E-state index in [0.717, 1.165) is 28.8 Å². The van der Waals surface area contributed by atoms with E-state index in [1.165, 1.54) is 5.56 Å². The van der Waals surface area contributed by atoms with Gasteiger partial charge in [-0.15, -0.1) is 0 Å². The van der Waals surface area contributed by atoms with Gasteiger partial charge in [0, 0.05) is 5.69 Å². The van der Waals surface area contributed by atoms with Gasteiger partial charge in [0.05, 0.1) is 13.0 Å². The van der Waals surface area contributed by atoms with Crippen molar-refractivity contribution in [2.75, 3.05) is 11.9 Å². The Kier molecular flexibility index (Phi) is 6.13. The molecule has 0 saturated heterocycles. The Balaban J connectivity index is 1.84. The average Bonchev–Trinajstić information content (AvgIpc) is 2.57. The lowest BCUT2D eigenvalue weighted by atomic mass is 10.0. The van der Waals surface area contributed by atoms with Crippen molar-refractivity contribution in [2.24, 2.45) is 0 Å². The van der Waals surface area contributed by atoms with E-state index >= 15 is 0 Å². The lowest BCUT2D eigenvalue weighted by Gasteiger charge is -2.10. The molecule has 0 heterocycles. The summed E-state index contributed by atoms with van der Waals surface area (Å²) < 4.78 is 0. The molecule has 0 aromatic heterocycles. The van der Waals surface area contributed by atoms with Gasteiger partial charge in [-0.3, -0.25) is 9.59 Å². The molecule has 0 unspecified atom stereocenters. The Hall–Kier alpha value is -2.62. The van der Waals surface area contributed by atoms with Crippen molar-refractivity contribution < 1.29 is 9.59 Å². The molecule has 0 bridgehead atoms. The van der Waals surface area contributed by atoms with Crippen molar-refractivity contribution in [3.63, 3.8) is 0 Å². The SMILES string of the molecule is CCc1ccccc1NC(=O)CNC(=O)Cc1ccc(C)c(C)c1. The largest absolute Gasteiger partial charge is 0.347 e. The van der Waals surface area contributed by atoms with E-state index in [4.69, 9.17) is 0 Å². The molecule has 0 aliphatic rings. The molecule has 0 saturated carbocycles. The van der Waals surface area contributed by atoms with Crippen LogP contribution in [-0.2, 0) is 22.4 Å². The summed E-state index contributed by atoms with van der Waals surface area (Å²) in [5, 5.41) is 5.52. The molecule has 4 nitrogen and oxygen atoms in total. The molecule has 2 amide bonds. The van der Waals surface area contributed by atoms with Crippen LogP contribution < -0.4 is 10.6 Å². The molecule has 0 aliphatic carbocycles. The highest BCUT2D eigenvalue weighted by molar-refractivity contribution is 5.95. The Bertz CT molecular complexity index is 738. The van der Waals surface area contributed by atoms with Gasteiger partial charge >= 0.3 is 0 Å². The van der Waals surface area contributed by atoms with E-state index in [1.807, 2.05) is 63.2 Å². The van der Waals surface area contributed by atoms with Crippen molar-refractivity contribution in [3.05, 3.63) is 64.7 Å². The van der Waals surface area contributed by atoms with Gasteiger partial charge < -0.3 is 10.6 Å². The Morgan fingerprint density at radius 1 is 0.958 bits per heavy atom. The zero-order valence-corrected chi connectivity index (χ0v) is 14.5. The van der Waals surface area contributed by atoms with Crippen LogP contribution in [-0.4, -0.2) is 18.4 Å². The Morgan fingerprint density at radius 3 is 2.42 bits per heavy atom. The van der Waals surface area contributed by atoms with Crippen LogP contribution >= 0.6 is 0 Å². The van der Waals surface area contributed by atoms with E-state index in [9.17, 15) is 9.59 Å². The third-order valence-corrected chi connectivity index (χ3v) is 4.05. The minimum atomic E-state index is -0.218. The minimum Gasteiger partial charge on any atom is -0.347 e. The molecule has 0 atom stereocenters. The molecule has 0 radical (unpaired) electrons. The quantitative estimate of drug-likeness (QED) is 0.857. The number of amides is 2. The molecule has 4 heteroatoms. The highest BCUT2D eigenvalue weighted by atomic mass is 16.2. The van der Waals surface area contributed by atoms with Gasteiger partial charge in [0.1, 0.15) is 0 Å². The van der Waals surface area contributed by atoms with Crippen LogP contribution in [0.5, 0.6) is 0 Å². The van der Waals surface area contributed by atoms with Crippen molar-refractivity contribution in [1.29, 1.82) is 0 Å². The maximum atomic E-state index is 12.0. The lowest BCUT2D eigenvalue weighted by Crippen LogP contribution is -2.34. The second kappa shape index (κ2) is 8.29. The van der Waals surface area contributed by atoms with Gasteiger partial charge in [-0.25, -0.2) is 0 Å². The number of hydrogen-bond donors (Lipinski definition) is 2. The maximum Gasteiger partial charge on any atom is 0.243 e. The molecule has 0 spiro atoms. The summed E-state index contributed by atoms with van der Waals surface area (Å²) >= 11 is 0. The third-order valence-electron chi connectivity index (χ3n) is 4.05. The third kappa shape index (κ3) is 4.95. The molecule has 2 rings (SSSR count). The van der Waals surface area contributed by atoms with Crippen LogP contribution in [0.4, 0.5) is 5.69 Å². The maximum absolute atomic E-state index is 12.0. The first-order valence-electron chi connectivity index (χ1n) is 8.20. The lowest BCUT2D eigenvalue weighted by molar-refractivity contribution is -0.123. The van der Waals surface area contributed by atoms with E-state index in [2.05, 4.69) is 10.6 Å². The van der Waals surface area contributed by atoms with Gasteiger partial charge in [-0.2, -0.15) is 0 Å². The number of benzene rings is 2. The summed E-state index contributed by atoms with van der Waals surface area (Å²) in [7, 11) is 0. The van der Waals surface area contributed by atoms with Crippen LogP contribution in [0.25, 0.3) is 0 Å². The topological polar surface area (TPSA) is 58.2 Å². The number of nitrogens with one attached hydrogen (secondary N) is 2. The molecule has 0 aliphatic heterocycles. The van der Waals surface area contributed by atoms with Crippen molar-refractivity contribution >= 4 is 17.5 Å². The standard InChI is InChI=1S/C20H24N2O2/c1-4-17-7-5-6-8-18(17)22-20(24)13-21-19(23)12-16-10-9-14(2)15(3)11-16/h5-11H,4,12-13H2,1-3H3,(H,21,23)(H,22,24). The predicted octanol–water partition coefficient (Wildman–Crippen LogP) is 3.16. The summed E-state index contributed by atoms with van der Waals surface area (Å²) in [6, 6.07) is 13.6. The number of hydrogen-bond acceptors (Lipinski definition) is 2. The van der Waals surface area contributed by atoms with Crippen molar-refractivity contribution in [1.82, 2.24) is 5.32 Å². The van der Waals surface area contributed by atoms with Crippen LogP contribution in [0.3, 0.4) is 0 Å². The van der Waals surface area contributed by atoms with E-state index in [-0.39, 0.29) is 24.8 Å². The second-order valence-electron chi connectivity index (χ2n) is 5.93. The molecule has 2 aromatic carbocycles. The zero-order valence-electron chi connectivity index (χ0n) is 14.5. The van der Waals surface area contributed by atoms with Crippen LogP contribution in [0.1, 0.15) is 29.2 Å². The number of carbonyl (C=O) groups excluding carboxylic acids is 2. The number of carbonyl (C=O) groups is 2. The second-order valence-corrected chi connectivity index (χ2v) is 5.93. The zero-order chi connectivity index (χ0) is 17.5. The number of para-hydroxylation sites is 1. The van der Waals surface area contributed by atoms with Crippen molar-refractivity contribution in [3.8, 4) is 0 Å². The minimum absolute atomic E-state index is 0.0261. The van der Waals surface area contributed by atoms with Crippen LogP contribution in [0.15, 0.2) is 42.5 Å². The Morgan fingerprint density at radius 2 is 1.71 bits per heavy atom. The van der Waals surface area contributed by atoms with Gasteiger partial charge in [-0.05, 0) is 48.6 Å². The fourth-order valence-electron chi connectivity index (χ4n) is 2.49. The molecule has 2 aromatic rings. The van der Waals surface area contributed by atoms with Gasteiger partial charge in [0.2, 0.25) is 11.8 Å². The summed E-state index contributed by atoms with van der Waals surface area (Å²) in [4.78, 5) is 24.0. The summed E-state index contributed by atoms with van der Waals surface area (Å²) in [6.45, 7) is 6.07. The monoisotopic (exact) mass is 324 g/mol. The Labute approximate surface area is 143 Å². The fraction of sp³-hybridized carbons (Fsp3) is 0.300. The highest BCUT2D eigenvalue weighted by Crippen LogP contribution is 2.15. The average molecular weight is 324 g/mol. The first kappa shape index (κ1) is 17.7.